The molecule has 0 saturated carbocycles. The summed E-state index contributed by atoms with van der Waals surface area (Å²) in [5.41, 5.74) is 9.16. The lowest BCUT2D eigenvalue weighted by atomic mass is 9.94. The number of hydrogen-bond donors (Lipinski definition) is 0. The molecule has 0 radical (unpaired) electrons. The van der Waals surface area contributed by atoms with Gasteiger partial charge in [-0.1, -0.05) is 121 Å². The van der Waals surface area contributed by atoms with E-state index in [0.717, 1.165) is 34.1 Å². The van der Waals surface area contributed by atoms with Crippen LogP contribution in [0.2, 0.25) is 0 Å². The predicted octanol–water partition coefficient (Wildman–Crippen LogP) is 12.6. The fraction of sp³-hybridized carbons (Fsp3) is 0. The van der Waals surface area contributed by atoms with E-state index in [1.165, 1.54) is 32.7 Å². The van der Waals surface area contributed by atoms with E-state index in [1.54, 1.807) is 0 Å². The zero-order valence-electron chi connectivity index (χ0n) is 25.4. The van der Waals surface area contributed by atoms with Gasteiger partial charge in [-0.25, -0.2) is 0 Å². The summed E-state index contributed by atoms with van der Waals surface area (Å²) < 4.78 is 0. The third-order valence-corrected chi connectivity index (χ3v) is 8.58. The second kappa shape index (κ2) is 12.1. The second-order valence-electron chi connectivity index (χ2n) is 11.4. The van der Waals surface area contributed by atoms with Crippen LogP contribution < -0.4 is 9.80 Å². The first kappa shape index (κ1) is 27.4. The molecule has 2 nitrogen and oxygen atoms in total. The molecular weight excluding hydrogens is 556 g/mol. The van der Waals surface area contributed by atoms with Gasteiger partial charge >= 0.3 is 0 Å². The SMILES string of the molecule is c1ccc(-c2ccc3c(N(c4ccccc4)c4ccccc4)cc4ccc(N(c5ccccc5)c5ccccc5)cc4c3c2)cc1. The molecule has 0 aliphatic carbocycles. The Morgan fingerprint density at radius 3 is 1.26 bits per heavy atom. The van der Waals surface area contributed by atoms with Gasteiger partial charge in [-0.05, 0) is 100 Å². The minimum atomic E-state index is 1.12. The van der Waals surface area contributed by atoms with Crippen molar-refractivity contribution in [2.75, 3.05) is 9.80 Å². The summed E-state index contributed by atoms with van der Waals surface area (Å²) in [6.45, 7) is 0. The van der Waals surface area contributed by atoms with Gasteiger partial charge in [0.2, 0.25) is 0 Å². The van der Waals surface area contributed by atoms with E-state index in [-0.39, 0.29) is 0 Å². The summed E-state index contributed by atoms with van der Waals surface area (Å²) in [7, 11) is 0. The average Bonchev–Trinajstić information content (AvgIpc) is 3.14. The molecule has 0 aliphatic heterocycles. The molecule has 0 amide bonds. The molecule has 0 aliphatic rings. The van der Waals surface area contributed by atoms with E-state index in [0.29, 0.717) is 0 Å². The van der Waals surface area contributed by atoms with Crippen molar-refractivity contribution >= 4 is 55.7 Å². The van der Waals surface area contributed by atoms with Crippen molar-refractivity contribution < 1.29 is 0 Å². The second-order valence-corrected chi connectivity index (χ2v) is 11.4. The van der Waals surface area contributed by atoms with E-state index in [2.05, 4.69) is 204 Å². The monoisotopic (exact) mass is 588 g/mol. The number of benzene rings is 8. The Hall–Kier alpha value is -6.12. The largest absolute Gasteiger partial charge is 0.310 e. The smallest absolute Gasteiger partial charge is 0.0546 e. The summed E-state index contributed by atoms with van der Waals surface area (Å²) in [4.78, 5) is 4.71. The van der Waals surface area contributed by atoms with Gasteiger partial charge in [0.05, 0.1) is 5.69 Å². The molecule has 0 spiro atoms. The standard InChI is InChI=1S/C44H32N2/c1-6-16-33(17-7-1)34-27-29-41-43(30-34)42-32-40(45(36-18-8-2-9-19-36)37-20-10-3-11-21-37)28-26-35(42)31-44(41)46(38-22-12-4-13-23-38)39-24-14-5-15-25-39/h1-32H. The van der Waals surface area contributed by atoms with Gasteiger partial charge in [-0.15, -0.1) is 0 Å². The number of nitrogens with zero attached hydrogens (tertiary/aromatic N) is 2. The van der Waals surface area contributed by atoms with Gasteiger partial charge in [-0.3, -0.25) is 0 Å². The first-order valence-electron chi connectivity index (χ1n) is 15.7. The molecule has 0 bridgehead atoms. The summed E-state index contributed by atoms with van der Waals surface area (Å²) in [6, 6.07) is 69.3. The quantitative estimate of drug-likeness (QED) is 0.171. The molecule has 2 heteroatoms. The summed E-state index contributed by atoms with van der Waals surface area (Å²) in [5, 5.41) is 4.82. The first-order valence-corrected chi connectivity index (χ1v) is 15.7. The van der Waals surface area contributed by atoms with Crippen LogP contribution in [0, 0.1) is 0 Å². The zero-order chi connectivity index (χ0) is 30.7. The molecular formula is C44H32N2. The average molecular weight is 589 g/mol. The van der Waals surface area contributed by atoms with Crippen molar-refractivity contribution in [3.05, 3.63) is 194 Å². The van der Waals surface area contributed by atoms with Gasteiger partial charge in [0.25, 0.3) is 0 Å². The number of para-hydroxylation sites is 4. The summed E-state index contributed by atoms with van der Waals surface area (Å²) >= 11 is 0. The molecule has 0 fully saturated rings. The molecule has 46 heavy (non-hydrogen) atoms. The van der Waals surface area contributed by atoms with Gasteiger partial charge < -0.3 is 9.80 Å². The highest BCUT2D eigenvalue weighted by Gasteiger charge is 2.19. The van der Waals surface area contributed by atoms with E-state index < -0.39 is 0 Å². The number of fused-ring (bicyclic) bond motifs is 3. The van der Waals surface area contributed by atoms with Gasteiger partial charge in [0, 0.05) is 33.8 Å². The van der Waals surface area contributed by atoms with Crippen LogP contribution in [0.5, 0.6) is 0 Å². The highest BCUT2D eigenvalue weighted by atomic mass is 15.1. The van der Waals surface area contributed by atoms with Crippen LogP contribution in [0.4, 0.5) is 34.1 Å². The molecule has 0 atom stereocenters. The van der Waals surface area contributed by atoms with Crippen LogP contribution in [0.15, 0.2) is 194 Å². The number of anilines is 6. The van der Waals surface area contributed by atoms with Gasteiger partial charge in [0.1, 0.15) is 0 Å². The molecule has 8 aromatic carbocycles. The Kier molecular flexibility index (Phi) is 7.22. The van der Waals surface area contributed by atoms with Crippen LogP contribution >= 0.6 is 0 Å². The van der Waals surface area contributed by atoms with E-state index in [1.807, 2.05) is 0 Å². The fourth-order valence-electron chi connectivity index (χ4n) is 6.44. The summed E-state index contributed by atoms with van der Waals surface area (Å²) in [6.07, 6.45) is 0. The topological polar surface area (TPSA) is 6.48 Å². The van der Waals surface area contributed by atoms with E-state index >= 15 is 0 Å². The maximum atomic E-state index is 2.37. The van der Waals surface area contributed by atoms with Crippen LogP contribution in [-0.2, 0) is 0 Å². The predicted molar refractivity (Wildman–Crippen MR) is 196 cm³/mol. The lowest BCUT2D eigenvalue weighted by Gasteiger charge is -2.28. The summed E-state index contributed by atoms with van der Waals surface area (Å²) in [5.74, 6) is 0. The van der Waals surface area contributed by atoms with Crippen LogP contribution in [0.1, 0.15) is 0 Å². The van der Waals surface area contributed by atoms with E-state index in [4.69, 9.17) is 0 Å². The maximum absolute atomic E-state index is 2.37. The molecule has 0 heterocycles. The van der Waals surface area contributed by atoms with Crippen molar-refractivity contribution in [2.45, 2.75) is 0 Å². The van der Waals surface area contributed by atoms with Crippen LogP contribution in [0.25, 0.3) is 32.7 Å². The Morgan fingerprint density at radius 1 is 0.261 bits per heavy atom. The van der Waals surface area contributed by atoms with Crippen molar-refractivity contribution in [1.29, 1.82) is 0 Å². The molecule has 0 N–H and O–H groups in total. The third kappa shape index (κ3) is 5.16. The van der Waals surface area contributed by atoms with Gasteiger partial charge in [0.15, 0.2) is 0 Å². The van der Waals surface area contributed by atoms with Crippen LogP contribution in [0.3, 0.4) is 0 Å². The number of rotatable bonds is 7. The van der Waals surface area contributed by atoms with Crippen molar-refractivity contribution in [3.8, 4) is 11.1 Å². The molecule has 8 rings (SSSR count). The highest BCUT2D eigenvalue weighted by Crippen LogP contribution is 2.44. The van der Waals surface area contributed by atoms with Crippen molar-refractivity contribution in [3.63, 3.8) is 0 Å². The normalized spacial score (nSPS) is 11.0. The minimum absolute atomic E-state index is 1.12. The molecule has 0 unspecified atom stereocenters. The zero-order valence-corrected chi connectivity index (χ0v) is 25.4. The number of hydrogen-bond acceptors (Lipinski definition) is 2. The Balaban J connectivity index is 1.41. The fourth-order valence-corrected chi connectivity index (χ4v) is 6.44. The lowest BCUT2D eigenvalue weighted by molar-refractivity contribution is 1.29. The lowest BCUT2D eigenvalue weighted by Crippen LogP contribution is -2.11. The Morgan fingerprint density at radius 2 is 0.739 bits per heavy atom. The Bertz CT molecular complexity index is 2150. The molecule has 8 aromatic rings. The van der Waals surface area contributed by atoms with Crippen molar-refractivity contribution in [1.82, 2.24) is 0 Å². The van der Waals surface area contributed by atoms with Gasteiger partial charge in [-0.2, -0.15) is 0 Å². The maximum Gasteiger partial charge on any atom is 0.0546 e. The molecule has 218 valence electrons. The third-order valence-electron chi connectivity index (χ3n) is 8.58. The Labute approximate surface area is 270 Å². The molecule has 0 aromatic heterocycles. The highest BCUT2D eigenvalue weighted by molar-refractivity contribution is 6.16. The minimum Gasteiger partial charge on any atom is -0.310 e. The van der Waals surface area contributed by atoms with Crippen LogP contribution in [-0.4, -0.2) is 0 Å². The molecule has 0 saturated heterocycles. The first-order chi connectivity index (χ1) is 22.8. The van der Waals surface area contributed by atoms with E-state index in [9.17, 15) is 0 Å². The van der Waals surface area contributed by atoms with Crippen molar-refractivity contribution in [2.24, 2.45) is 0 Å².